The van der Waals surface area contributed by atoms with Crippen LogP contribution in [-0.4, -0.2) is 16.9 Å². The van der Waals surface area contributed by atoms with E-state index < -0.39 is 0 Å². The Kier molecular flexibility index (Phi) is 3.95. The van der Waals surface area contributed by atoms with Gasteiger partial charge in [-0.2, -0.15) is 0 Å². The molecule has 0 aliphatic carbocycles. The Morgan fingerprint density at radius 3 is 2.57 bits per heavy atom. The molecule has 21 heavy (non-hydrogen) atoms. The summed E-state index contributed by atoms with van der Waals surface area (Å²) >= 11 is 5.93. The van der Waals surface area contributed by atoms with Crippen LogP contribution in [0.1, 0.15) is 24.4 Å². The zero-order valence-corrected chi connectivity index (χ0v) is 12.8. The molecule has 0 saturated carbocycles. The Bertz CT molecular complexity index is 703. The van der Waals surface area contributed by atoms with Gasteiger partial charge in [0.25, 0.3) is 0 Å². The van der Waals surface area contributed by atoms with E-state index in [1.807, 2.05) is 36.4 Å². The number of nitrogens with zero attached hydrogens (tertiary/aromatic N) is 2. The number of hydrogen-bond acceptors (Lipinski definition) is 3. The summed E-state index contributed by atoms with van der Waals surface area (Å²) in [5.41, 5.74) is 2.96. The maximum Gasteiger partial charge on any atom is 0.209 e. The average Bonchev–Trinajstić information content (AvgIpc) is 2.89. The van der Waals surface area contributed by atoms with Gasteiger partial charge < -0.3 is 4.42 Å². The van der Waals surface area contributed by atoms with Gasteiger partial charge in [-0.05, 0) is 43.8 Å². The number of rotatable bonds is 4. The van der Waals surface area contributed by atoms with Crippen molar-refractivity contribution in [3.63, 3.8) is 0 Å². The zero-order chi connectivity index (χ0) is 14.8. The molecule has 0 amide bonds. The van der Waals surface area contributed by atoms with Crippen LogP contribution in [0.2, 0.25) is 5.02 Å². The highest BCUT2D eigenvalue weighted by Crippen LogP contribution is 2.23. The third-order valence-corrected chi connectivity index (χ3v) is 3.99. The van der Waals surface area contributed by atoms with Gasteiger partial charge in [-0.15, -0.1) is 0 Å². The molecule has 0 fully saturated rings. The van der Waals surface area contributed by atoms with Crippen LogP contribution in [0, 0.1) is 0 Å². The summed E-state index contributed by atoms with van der Waals surface area (Å²) in [4.78, 5) is 6.72. The lowest BCUT2D eigenvalue weighted by Gasteiger charge is -2.23. The quantitative estimate of drug-likeness (QED) is 0.701. The zero-order valence-electron chi connectivity index (χ0n) is 12.1. The Morgan fingerprint density at radius 2 is 1.86 bits per heavy atom. The van der Waals surface area contributed by atoms with Crippen molar-refractivity contribution in [1.29, 1.82) is 0 Å². The van der Waals surface area contributed by atoms with Gasteiger partial charge in [0.05, 0.1) is 6.54 Å². The Labute approximate surface area is 129 Å². The smallest absolute Gasteiger partial charge is 0.209 e. The van der Waals surface area contributed by atoms with Crippen molar-refractivity contribution in [2.45, 2.75) is 19.5 Å². The van der Waals surface area contributed by atoms with Crippen molar-refractivity contribution in [2.75, 3.05) is 7.05 Å². The van der Waals surface area contributed by atoms with Gasteiger partial charge in [0.15, 0.2) is 5.58 Å². The van der Waals surface area contributed by atoms with Crippen molar-refractivity contribution < 1.29 is 4.42 Å². The molecule has 2 aromatic carbocycles. The van der Waals surface area contributed by atoms with Crippen LogP contribution < -0.4 is 0 Å². The van der Waals surface area contributed by atoms with Crippen molar-refractivity contribution in [3.05, 3.63) is 65.0 Å². The van der Waals surface area contributed by atoms with Crippen LogP contribution in [-0.2, 0) is 6.54 Å². The van der Waals surface area contributed by atoms with Gasteiger partial charge in [0.2, 0.25) is 5.89 Å². The first kappa shape index (κ1) is 14.1. The molecule has 1 heterocycles. The summed E-state index contributed by atoms with van der Waals surface area (Å²) in [6.45, 7) is 2.82. The summed E-state index contributed by atoms with van der Waals surface area (Å²) < 4.78 is 5.77. The van der Waals surface area contributed by atoms with Crippen LogP contribution in [0.5, 0.6) is 0 Å². The van der Waals surface area contributed by atoms with E-state index in [9.17, 15) is 0 Å². The van der Waals surface area contributed by atoms with Crippen LogP contribution in [0.15, 0.2) is 52.9 Å². The van der Waals surface area contributed by atoms with Crippen molar-refractivity contribution in [2.24, 2.45) is 0 Å². The molecule has 108 valence electrons. The highest BCUT2D eigenvalue weighted by atomic mass is 35.5. The summed E-state index contributed by atoms with van der Waals surface area (Å²) in [6, 6.07) is 16.0. The Balaban J connectivity index is 1.75. The van der Waals surface area contributed by atoms with Gasteiger partial charge in [-0.1, -0.05) is 35.9 Å². The fourth-order valence-corrected chi connectivity index (χ4v) is 2.46. The number of benzene rings is 2. The Morgan fingerprint density at radius 1 is 1.14 bits per heavy atom. The lowest BCUT2D eigenvalue weighted by molar-refractivity contribution is 0.230. The summed E-state index contributed by atoms with van der Waals surface area (Å²) in [5.74, 6) is 0.736. The summed E-state index contributed by atoms with van der Waals surface area (Å²) in [5, 5.41) is 0.757. The standard InChI is InChI=1S/C17H17ClN2O/c1-12(13-7-9-14(18)10-8-13)20(2)11-17-19-15-5-3-4-6-16(15)21-17/h3-10,12H,11H2,1-2H3/t12-/m1/s1. The van der Waals surface area contributed by atoms with Crippen LogP contribution >= 0.6 is 11.6 Å². The number of para-hydroxylation sites is 2. The fraction of sp³-hybridized carbons (Fsp3) is 0.235. The fourth-order valence-electron chi connectivity index (χ4n) is 2.33. The highest BCUT2D eigenvalue weighted by molar-refractivity contribution is 6.30. The number of fused-ring (bicyclic) bond motifs is 1. The maximum atomic E-state index is 5.93. The molecule has 0 spiro atoms. The molecule has 0 aliphatic rings. The summed E-state index contributed by atoms with van der Waals surface area (Å²) in [6.07, 6.45) is 0. The van der Waals surface area contributed by atoms with Crippen molar-refractivity contribution >= 4 is 22.7 Å². The van der Waals surface area contributed by atoms with E-state index in [0.717, 1.165) is 22.0 Å². The second-order valence-corrected chi connectivity index (χ2v) is 5.65. The number of halogens is 1. The number of aromatic nitrogens is 1. The average molecular weight is 301 g/mol. The van der Waals surface area contributed by atoms with E-state index in [1.54, 1.807) is 0 Å². The molecule has 0 saturated heterocycles. The normalized spacial score (nSPS) is 13.0. The molecule has 0 N–H and O–H groups in total. The third kappa shape index (κ3) is 3.09. The van der Waals surface area contributed by atoms with Gasteiger partial charge in [0, 0.05) is 11.1 Å². The third-order valence-electron chi connectivity index (χ3n) is 3.74. The van der Waals surface area contributed by atoms with Crippen molar-refractivity contribution in [1.82, 2.24) is 9.88 Å². The van der Waals surface area contributed by atoms with Gasteiger partial charge in [0.1, 0.15) is 5.52 Å². The molecule has 0 aliphatic heterocycles. The van der Waals surface area contributed by atoms with Gasteiger partial charge >= 0.3 is 0 Å². The molecule has 3 aromatic rings. The molecule has 1 aromatic heterocycles. The van der Waals surface area contributed by atoms with Gasteiger partial charge in [-0.25, -0.2) is 4.98 Å². The van der Waals surface area contributed by atoms with E-state index in [-0.39, 0.29) is 6.04 Å². The highest BCUT2D eigenvalue weighted by Gasteiger charge is 2.15. The lowest BCUT2D eigenvalue weighted by atomic mass is 10.1. The minimum absolute atomic E-state index is 0.261. The first-order chi connectivity index (χ1) is 10.1. The topological polar surface area (TPSA) is 29.3 Å². The lowest BCUT2D eigenvalue weighted by Crippen LogP contribution is -2.22. The van der Waals surface area contributed by atoms with E-state index in [2.05, 4.69) is 36.0 Å². The van der Waals surface area contributed by atoms with Crippen LogP contribution in [0.3, 0.4) is 0 Å². The first-order valence-corrected chi connectivity index (χ1v) is 7.31. The van der Waals surface area contributed by atoms with E-state index >= 15 is 0 Å². The molecule has 3 nitrogen and oxygen atoms in total. The molecule has 1 atom stereocenters. The predicted octanol–water partition coefficient (Wildman–Crippen LogP) is 4.67. The largest absolute Gasteiger partial charge is 0.439 e. The van der Waals surface area contributed by atoms with E-state index in [4.69, 9.17) is 16.0 Å². The monoisotopic (exact) mass is 300 g/mol. The maximum absolute atomic E-state index is 5.93. The molecule has 0 bridgehead atoms. The molecular formula is C17H17ClN2O. The Hall–Kier alpha value is -1.84. The molecule has 3 rings (SSSR count). The SMILES string of the molecule is C[C@H](c1ccc(Cl)cc1)N(C)Cc1nc2ccccc2o1. The van der Waals surface area contributed by atoms with Crippen LogP contribution in [0.4, 0.5) is 0 Å². The van der Waals surface area contributed by atoms with Crippen molar-refractivity contribution in [3.8, 4) is 0 Å². The minimum atomic E-state index is 0.261. The second-order valence-electron chi connectivity index (χ2n) is 5.22. The number of hydrogen-bond donors (Lipinski definition) is 0. The summed E-state index contributed by atoms with van der Waals surface area (Å²) in [7, 11) is 2.06. The van der Waals surface area contributed by atoms with E-state index in [0.29, 0.717) is 6.54 Å². The molecule has 4 heteroatoms. The molecule has 0 unspecified atom stereocenters. The molecule has 0 radical (unpaired) electrons. The molecular weight excluding hydrogens is 284 g/mol. The second kappa shape index (κ2) is 5.88. The van der Waals surface area contributed by atoms with Gasteiger partial charge in [-0.3, -0.25) is 4.90 Å². The predicted molar refractivity (Wildman–Crippen MR) is 85.3 cm³/mol. The van der Waals surface area contributed by atoms with Crippen LogP contribution in [0.25, 0.3) is 11.1 Å². The first-order valence-electron chi connectivity index (χ1n) is 6.93. The van der Waals surface area contributed by atoms with E-state index in [1.165, 1.54) is 5.56 Å². The number of oxazole rings is 1. The minimum Gasteiger partial charge on any atom is -0.439 e.